The van der Waals surface area contributed by atoms with Crippen molar-refractivity contribution in [2.75, 3.05) is 0 Å². The zero-order valence-corrected chi connectivity index (χ0v) is 49.1. The van der Waals surface area contributed by atoms with E-state index >= 15 is 0 Å². The van der Waals surface area contributed by atoms with E-state index in [2.05, 4.69) is 294 Å². The molecule has 13 aromatic carbocycles. The summed E-state index contributed by atoms with van der Waals surface area (Å²) in [7, 11) is 0. The van der Waals surface area contributed by atoms with Crippen molar-refractivity contribution >= 4 is 65.4 Å². The molecule has 0 radical (unpaired) electrons. The van der Waals surface area contributed by atoms with Gasteiger partial charge < -0.3 is 13.7 Å². The number of para-hydroxylation sites is 4. The fraction of sp³-hybridized carbons (Fsp3) is 0.0241. The number of benzene rings is 13. The molecule has 418 valence electrons. The third kappa shape index (κ3) is 8.67. The van der Waals surface area contributed by atoms with E-state index < -0.39 is 0 Å². The van der Waals surface area contributed by atoms with Crippen LogP contribution in [0.5, 0.6) is 0 Å². The summed E-state index contributed by atoms with van der Waals surface area (Å²) in [5.41, 5.74) is 23.8. The lowest BCUT2D eigenvalue weighted by Gasteiger charge is -2.22. The first-order valence-electron chi connectivity index (χ1n) is 30.4. The average Bonchev–Trinajstić information content (AvgIpc) is 1.73. The highest BCUT2D eigenvalue weighted by Gasteiger charge is 2.26. The fourth-order valence-corrected chi connectivity index (χ4v) is 13.8. The number of nitrogens with zero attached hydrogens (tertiary/aromatic N) is 6. The molecule has 0 saturated carbocycles. The smallest absolute Gasteiger partial charge is 0.164 e. The highest BCUT2D eigenvalue weighted by atomic mass is 15.0. The van der Waals surface area contributed by atoms with E-state index in [1.807, 2.05) is 36.4 Å². The maximum Gasteiger partial charge on any atom is 0.164 e. The van der Waals surface area contributed by atoms with Crippen LogP contribution in [0.25, 0.3) is 161 Å². The molecule has 0 atom stereocenters. The maximum absolute atomic E-state index is 5.47. The van der Waals surface area contributed by atoms with Gasteiger partial charge in [0.2, 0.25) is 0 Å². The number of fused-ring (bicyclic) bond motifs is 9. The maximum atomic E-state index is 5.47. The summed E-state index contributed by atoms with van der Waals surface area (Å²) >= 11 is 0. The van der Waals surface area contributed by atoms with Crippen LogP contribution in [0.2, 0.25) is 0 Å². The van der Waals surface area contributed by atoms with Gasteiger partial charge in [-0.15, -0.1) is 0 Å². The minimum Gasteiger partial charge on any atom is -0.309 e. The second-order valence-electron chi connectivity index (χ2n) is 23.2. The van der Waals surface area contributed by atoms with Gasteiger partial charge in [0.25, 0.3) is 0 Å². The topological polar surface area (TPSA) is 53.5 Å². The molecule has 17 rings (SSSR count). The molecule has 17 aromatic rings. The van der Waals surface area contributed by atoms with Crippen LogP contribution in [0, 0.1) is 13.8 Å². The Morgan fingerprint density at radius 3 is 0.944 bits per heavy atom. The molecule has 0 saturated heterocycles. The molecule has 0 aliphatic rings. The van der Waals surface area contributed by atoms with Crippen LogP contribution in [-0.4, -0.2) is 28.7 Å². The first kappa shape index (κ1) is 51.7. The molecule has 6 heteroatoms. The Hall–Kier alpha value is -11.7. The summed E-state index contributed by atoms with van der Waals surface area (Å²) in [5, 5.41) is 7.15. The van der Waals surface area contributed by atoms with Gasteiger partial charge in [0.15, 0.2) is 17.5 Å². The lowest BCUT2D eigenvalue weighted by molar-refractivity contribution is 1.07. The van der Waals surface area contributed by atoms with Crippen LogP contribution in [-0.2, 0) is 0 Å². The van der Waals surface area contributed by atoms with Gasteiger partial charge in [-0.25, -0.2) is 15.0 Å². The number of aryl methyl sites for hydroxylation is 2. The normalized spacial score (nSPS) is 11.7. The molecule has 4 heterocycles. The van der Waals surface area contributed by atoms with Gasteiger partial charge in [0.1, 0.15) is 0 Å². The number of aromatic nitrogens is 6. The molecule has 0 fully saturated rings. The first-order valence-corrected chi connectivity index (χ1v) is 30.4. The van der Waals surface area contributed by atoms with Crippen molar-refractivity contribution in [3.8, 4) is 95.7 Å². The highest BCUT2D eigenvalue weighted by Crippen LogP contribution is 2.47. The van der Waals surface area contributed by atoms with Gasteiger partial charge in [-0.2, -0.15) is 0 Å². The van der Waals surface area contributed by atoms with Crippen molar-refractivity contribution in [2.45, 2.75) is 13.8 Å². The quantitative estimate of drug-likeness (QED) is 0.137. The van der Waals surface area contributed by atoms with Crippen LogP contribution in [0.4, 0.5) is 0 Å². The van der Waals surface area contributed by atoms with Crippen molar-refractivity contribution < 1.29 is 0 Å². The molecule has 4 aromatic heterocycles. The number of rotatable bonds is 10. The largest absolute Gasteiger partial charge is 0.309 e. The van der Waals surface area contributed by atoms with Crippen molar-refractivity contribution in [1.82, 2.24) is 28.7 Å². The second kappa shape index (κ2) is 21.1. The van der Waals surface area contributed by atoms with Crippen LogP contribution in [0.3, 0.4) is 0 Å². The Balaban J connectivity index is 1.02. The van der Waals surface area contributed by atoms with Gasteiger partial charge in [-0.05, 0) is 143 Å². The van der Waals surface area contributed by atoms with Crippen LogP contribution in [0.1, 0.15) is 11.1 Å². The molecule has 0 unspecified atom stereocenters. The average molecular weight is 1140 g/mol. The molecule has 0 aliphatic heterocycles. The van der Waals surface area contributed by atoms with Gasteiger partial charge in [-0.1, -0.05) is 218 Å². The van der Waals surface area contributed by atoms with E-state index in [0.717, 1.165) is 99.9 Å². The third-order valence-corrected chi connectivity index (χ3v) is 18.0. The Morgan fingerprint density at radius 2 is 0.539 bits per heavy atom. The Bertz CT molecular complexity index is 5200. The number of hydrogen-bond acceptors (Lipinski definition) is 3. The molecule has 0 bridgehead atoms. The highest BCUT2D eigenvalue weighted by molar-refractivity contribution is 6.14. The summed E-state index contributed by atoms with van der Waals surface area (Å²) in [5.74, 6) is 1.76. The summed E-state index contributed by atoms with van der Waals surface area (Å²) in [4.78, 5) is 16.1. The number of hydrogen-bond donors (Lipinski definition) is 0. The fourth-order valence-electron chi connectivity index (χ4n) is 13.8. The third-order valence-electron chi connectivity index (χ3n) is 18.0. The zero-order chi connectivity index (χ0) is 59.1. The van der Waals surface area contributed by atoms with Crippen molar-refractivity contribution in [3.05, 3.63) is 314 Å². The molecule has 89 heavy (non-hydrogen) atoms. The standard InChI is InChI=1S/C83H56N6/c1-53-23-9-11-33-64(53)59-43-45-78-72(49-59)73-50-60(65-34-12-10-24-54(65)2)44-46-79(73)89(78)80-70(57-29-21-31-62(47-57)87-74-39-17-13-35-66(74)67-36-14-18-40-75(67)87)51-61(83-85-81(55-25-5-3-6-26-55)84-82(86-83)56-27-7-4-8-28-56)52-71(80)58-30-22-32-63(48-58)88-76-41-19-15-37-68(76)69-38-16-20-42-77(69)88/h3-52H,1-2H3. The molecule has 0 N–H and O–H groups in total. The van der Waals surface area contributed by atoms with E-state index in [0.29, 0.717) is 17.5 Å². The van der Waals surface area contributed by atoms with E-state index in [4.69, 9.17) is 15.0 Å². The lowest BCUT2D eigenvalue weighted by Crippen LogP contribution is -2.05. The zero-order valence-electron chi connectivity index (χ0n) is 49.1. The predicted octanol–water partition coefficient (Wildman–Crippen LogP) is 21.4. The minimum absolute atomic E-state index is 0.567. The van der Waals surface area contributed by atoms with Crippen LogP contribution < -0.4 is 0 Å². The van der Waals surface area contributed by atoms with E-state index in [1.165, 1.54) is 54.9 Å². The Kier molecular flexibility index (Phi) is 12.2. The van der Waals surface area contributed by atoms with Gasteiger partial charge in [0, 0.05) is 71.5 Å². The van der Waals surface area contributed by atoms with Gasteiger partial charge in [0.05, 0.1) is 38.8 Å². The minimum atomic E-state index is 0.567. The van der Waals surface area contributed by atoms with Crippen LogP contribution in [0.15, 0.2) is 303 Å². The van der Waals surface area contributed by atoms with Crippen molar-refractivity contribution in [3.63, 3.8) is 0 Å². The van der Waals surface area contributed by atoms with E-state index in [9.17, 15) is 0 Å². The molecule has 0 spiro atoms. The summed E-state index contributed by atoms with van der Waals surface area (Å²) in [6, 6.07) is 110. The molecule has 0 aliphatic carbocycles. The summed E-state index contributed by atoms with van der Waals surface area (Å²) in [6.45, 7) is 4.41. The predicted molar refractivity (Wildman–Crippen MR) is 370 cm³/mol. The monoisotopic (exact) mass is 1140 g/mol. The molecular weight excluding hydrogens is 1080 g/mol. The van der Waals surface area contributed by atoms with Crippen molar-refractivity contribution in [2.24, 2.45) is 0 Å². The van der Waals surface area contributed by atoms with Crippen LogP contribution >= 0.6 is 0 Å². The SMILES string of the molecule is Cc1ccccc1-c1ccc2c(c1)c1cc(-c3ccccc3C)ccc1n2-c1c(-c2cccc(-n3c4ccccc4c4ccccc43)c2)cc(-c2nc(-c3ccccc3)nc(-c3ccccc3)n2)cc1-c1cccc(-n2c3ccccc3c3ccccc32)c1. The second-order valence-corrected chi connectivity index (χ2v) is 23.2. The van der Waals surface area contributed by atoms with Crippen molar-refractivity contribution in [1.29, 1.82) is 0 Å². The molecule has 0 amide bonds. The summed E-state index contributed by atoms with van der Waals surface area (Å²) < 4.78 is 7.37. The molecular formula is C83H56N6. The molecule has 6 nitrogen and oxygen atoms in total. The van der Waals surface area contributed by atoms with Gasteiger partial charge >= 0.3 is 0 Å². The van der Waals surface area contributed by atoms with E-state index in [1.54, 1.807) is 0 Å². The Morgan fingerprint density at radius 1 is 0.213 bits per heavy atom. The Labute approximate surface area is 515 Å². The van der Waals surface area contributed by atoms with Gasteiger partial charge in [-0.3, -0.25) is 0 Å². The first-order chi connectivity index (χ1) is 44.0. The van der Waals surface area contributed by atoms with E-state index in [-0.39, 0.29) is 0 Å². The lowest BCUT2D eigenvalue weighted by atomic mass is 9.91. The summed E-state index contributed by atoms with van der Waals surface area (Å²) in [6.07, 6.45) is 0.